The van der Waals surface area contributed by atoms with Gasteiger partial charge in [-0.2, -0.15) is 4.31 Å². The number of benzene rings is 1. The fourth-order valence-electron chi connectivity index (χ4n) is 3.12. The standard InChI is InChI=1S/C20H19N5O3S2/c1-13-22-11-15(16-6-4-5-9-21-16)17(23-13)12-24(2)30(27,28)14-7-8-18-19(10-14)29-20(26)25(18)3/h4-11H,12H2,1-3H3. The van der Waals surface area contributed by atoms with Crippen LogP contribution in [0.5, 0.6) is 0 Å². The summed E-state index contributed by atoms with van der Waals surface area (Å²) >= 11 is 1.02. The summed E-state index contributed by atoms with van der Waals surface area (Å²) in [5.74, 6) is 0.547. The van der Waals surface area contributed by atoms with Crippen molar-refractivity contribution in [2.75, 3.05) is 7.05 Å². The molecule has 10 heteroatoms. The number of hydrogen-bond donors (Lipinski definition) is 0. The maximum absolute atomic E-state index is 13.2. The number of nitrogens with zero attached hydrogens (tertiary/aromatic N) is 5. The van der Waals surface area contributed by atoms with Crippen molar-refractivity contribution >= 4 is 31.6 Å². The van der Waals surface area contributed by atoms with Gasteiger partial charge in [0.25, 0.3) is 0 Å². The van der Waals surface area contributed by atoms with Gasteiger partial charge in [-0.05, 0) is 37.3 Å². The topological polar surface area (TPSA) is 98.0 Å². The molecule has 3 heterocycles. The predicted molar refractivity (Wildman–Crippen MR) is 116 cm³/mol. The highest BCUT2D eigenvalue weighted by atomic mass is 32.2. The van der Waals surface area contributed by atoms with Crippen molar-refractivity contribution in [2.24, 2.45) is 7.05 Å². The van der Waals surface area contributed by atoms with Gasteiger partial charge in [0.15, 0.2) is 0 Å². The van der Waals surface area contributed by atoms with Gasteiger partial charge in [-0.15, -0.1) is 0 Å². The van der Waals surface area contributed by atoms with Crippen LogP contribution in [-0.2, 0) is 23.6 Å². The SMILES string of the molecule is Cc1ncc(-c2ccccn2)c(CN(C)S(=O)(=O)c2ccc3c(c2)sc(=O)n3C)n1. The summed E-state index contributed by atoms with van der Waals surface area (Å²) in [6, 6.07) is 10.2. The zero-order valence-corrected chi connectivity index (χ0v) is 18.2. The fraction of sp³-hybridized carbons (Fsp3) is 0.200. The lowest BCUT2D eigenvalue weighted by atomic mass is 10.1. The Balaban J connectivity index is 1.71. The van der Waals surface area contributed by atoms with E-state index in [0.29, 0.717) is 33.0 Å². The van der Waals surface area contributed by atoms with Gasteiger partial charge in [0, 0.05) is 32.1 Å². The van der Waals surface area contributed by atoms with Crippen molar-refractivity contribution in [1.29, 1.82) is 0 Å². The number of thiazole rings is 1. The molecule has 0 atom stereocenters. The molecule has 30 heavy (non-hydrogen) atoms. The highest BCUT2D eigenvalue weighted by Crippen LogP contribution is 2.26. The van der Waals surface area contributed by atoms with Crippen LogP contribution in [0.25, 0.3) is 21.5 Å². The normalized spacial score (nSPS) is 12.0. The molecule has 0 unspecified atom stereocenters. The van der Waals surface area contributed by atoms with Crippen LogP contribution in [0.2, 0.25) is 0 Å². The summed E-state index contributed by atoms with van der Waals surface area (Å²) in [4.78, 5) is 24.9. The van der Waals surface area contributed by atoms with Gasteiger partial charge in [-0.3, -0.25) is 9.78 Å². The molecule has 1 aromatic carbocycles. The van der Waals surface area contributed by atoms with Crippen LogP contribution in [0.1, 0.15) is 11.5 Å². The second-order valence-corrected chi connectivity index (χ2v) is 9.85. The monoisotopic (exact) mass is 441 g/mol. The van der Waals surface area contributed by atoms with Crippen molar-refractivity contribution < 1.29 is 8.42 Å². The quantitative estimate of drug-likeness (QED) is 0.472. The molecule has 0 radical (unpaired) electrons. The molecule has 4 aromatic rings. The first-order valence-electron chi connectivity index (χ1n) is 9.07. The van der Waals surface area contributed by atoms with Crippen LogP contribution in [0.3, 0.4) is 0 Å². The molecule has 0 bridgehead atoms. The van der Waals surface area contributed by atoms with E-state index in [-0.39, 0.29) is 16.3 Å². The molecule has 3 aromatic heterocycles. The summed E-state index contributed by atoms with van der Waals surface area (Å²) in [6.07, 6.45) is 3.33. The zero-order valence-electron chi connectivity index (χ0n) is 16.6. The van der Waals surface area contributed by atoms with E-state index in [1.54, 1.807) is 32.4 Å². The number of fused-ring (bicyclic) bond motifs is 1. The van der Waals surface area contributed by atoms with Crippen LogP contribution < -0.4 is 4.87 Å². The minimum atomic E-state index is -3.80. The third-order valence-electron chi connectivity index (χ3n) is 4.77. The Hall–Kier alpha value is -2.95. The minimum Gasteiger partial charge on any atom is -0.302 e. The maximum Gasteiger partial charge on any atom is 0.307 e. The van der Waals surface area contributed by atoms with E-state index in [0.717, 1.165) is 11.3 Å². The third-order valence-corrected chi connectivity index (χ3v) is 7.57. The van der Waals surface area contributed by atoms with Gasteiger partial charge in [0.1, 0.15) is 5.82 Å². The Kier molecular flexibility index (Phi) is 5.22. The number of rotatable bonds is 5. The van der Waals surface area contributed by atoms with Crippen molar-refractivity contribution in [2.45, 2.75) is 18.4 Å². The summed E-state index contributed by atoms with van der Waals surface area (Å²) in [6.45, 7) is 1.81. The number of aryl methyl sites for hydroxylation is 2. The van der Waals surface area contributed by atoms with E-state index < -0.39 is 10.0 Å². The summed E-state index contributed by atoms with van der Waals surface area (Å²) in [7, 11) is -0.625. The van der Waals surface area contributed by atoms with Gasteiger partial charge in [-0.25, -0.2) is 18.4 Å². The summed E-state index contributed by atoms with van der Waals surface area (Å²) < 4.78 is 29.8. The van der Waals surface area contributed by atoms with Crippen LogP contribution in [0.15, 0.2) is 58.5 Å². The van der Waals surface area contributed by atoms with Crippen LogP contribution in [0, 0.1) is 6.92 Å². The molecule has 4 rings (SSSR count). The van der Waals surface area contributed by atoms with Crippen LogP contribution in [-0.4, -0.2) is 39.3 Å². The van der Waals surface area contributed by atoms with Gasteiger partial charge in [0.05, 0.1) is 33.0 Å². The average molecular weight is 442 g/mol. The molecule has 0 aliphatic heterocycles. The molecule has 0 amide bonds. The molecule has 0 saturated heterocycles. The molecule has 0 N–H and O–H groups in total. The van der Waals surface area contributed by atoms with Crippen LogP contribution >= 0.6 is 11.3 Å². The average Bonchev–Trinajstić information content (AvgIpc) is 3.02. The van der Waals surface area contributed by atoms with E-state index >= 15 is 0 Å². The molecule has 0 saturated carbocycles. The smallest absolute Gasteiger partial charge is 0.302 e. The molecular formula is C20H19N5O3S2. The molecule has 0 fully saturated rings. The molecule has 154 valence electrons. The van der Waals surface area contributed by atoms with Gasteiger partial charge in [0.2, 0.25) is 10.0 Å². The second kappa shape index (κ2) is 7.71. The Morgan fingerprint density at radius 3 is 2.70 bits per heavy atom. The summed E-state index contributed by atoms with van der Waals surface area (Å²) in [5, 5.41) is 0. The Bertz CT molecular complexity index is 1400. The first-order chi connectivity index (χ1) is 14.3. The van der Waals surface area contributed by atoms with Crippen molar-refractivity contribution in [3.05, 3.63) is 70.0 Å². The number of pyridine rings is 1. The van der Waals surface area contributed by atoms with Crippen molar-refractivity contribution in [1.82, 2.24) is 23.8 Å². The van der Waals surface area contributed by atoms with E-state index in [1.165, 1.54) is 28.1 Å². The van der Waals surface area contributed by atoms with E-state index in [1.807, 2.05) is 18.2 Å². The third kappa shape index (κ3) is 3.64. The lowest BCUT2D eigenvalue weighted by molar-refractivity contribution is 0.462. The highest BCUT2D eigenvalue weighted by molar-refractivity contribution is 7.89. The van der Waals surface area contributed by atoms with Crippen molar-refractivity contribution in [3.63, 3.8) is 0 Å². The number of sulfonamides is 1. The summed E-state index contributed by atoms with van der Waals surface area (Å²) in [5.41, 5.74) is 2.63. The highest BCUT2D eigenvalue weighted by Gasteiger charge is 2.24. The lowest BCUT2D eigenvalue weighted by Crippen LogP contribution is -2.27. The zero-order chi connectivity index (χ0) is 21.5. The van der Waals surface area contributed by atoms with E-state index in [2.05, 4.69) is 15.0 Å². The molecule has 8 nitrogen and oxygen atoms in total. The van der Waals surface area contributed by atoms with E-state index in [9.17, 15) is 13.2 Å². The first-order valence-corrected chi connectivity index (χ1v) is 11.3. The Morgan fingerprint density at radius 1 is 1.17 bits per heavy atom. The Morgan fingerprint density at radius 2 is 1.97 bits per heavy atom. The largest absolute Gasteiger partial charge is 0.307 e. The minimum absolute atomic E-state index is 0.0562. The van der Waals surface area contributed by atoms with Gasteiger partial charge < -0.3 is 4.57 Å². The molecule has 0 aliphatic rings. The number of aromatic nitrogens is 4. The van der Waals surface area contributed by atoms with E-state index in [4.69, 9.17) is 0 Å². The molecule has 0 aliphatic carbocycles. The first kappa shape index (κ1) is 20.3. The van der Waals surface area contributed by atoms with Gasteiger partial charge in [-0.1, -0.05) is 17.4 Å². The molecule has 0 spiro atoms. The number of hydrogen-bond acceptors (Lipinski definition) is 7. The Labute approximate surface area is 177 Å². The predicted octanol–water partition coefficient (Wildman–Crippen LogP) is 2.58. The lowest BCUT2D eigenvalue weighted by Gasteiger charge is -2.18. The van der Waals surface area contributed by atoms with Crippen LogP contribution in [0.4, 0.5) is 0 Å². The second-order valence-electron chi connectivity index (χ2n) is 6.81. The van der Waals surface area contributed by atoms with Crippen molar-refractivity contribution in [3.8, 4) is 11.3 Å². The fourth-order valence-corrected chi connectivity index (χ4v) is 5.28. The van der Waals surface area contributed by atoms with Gasteiger partial charge >= 0.3 is 4.87 Å². The maximum atomic E-state index is 13.2. The molecular weight excluding hydrogens is 422 g/mol.